The number of benzene rings is 2. The molecule has 0 aromatic heterocycles. The Labute approximate surface area is 177 Å². The number of rotatable bonds is 6. The first-order valence-corrected chi connectivity index (χ1v) is 10.4. The van der Waals surface area contributed by atoms with Crippen molar-refractivity contribution in [1.82, 2.24) is 5.32 Å². The molecule has 6 nitrogen and oxygen atoms in total. The van der Waals surface area contributed by atoms with Gasteiger partial charge in [-0.1, -0.05) is 57.0 Å². The van der Waals surface area contributed by atoms with Gasteiger partial charge in [0.15, 0.2) is 6.61 Å². The van der Waals surface area contributed by atoms with E-state index >= 15 is 0 Å². The van der Waals surface area contributed by atoms with Crippen LogP contribution in [0.15, 0.2) is 54.6 Å². The second-order valence-corrected chi connectivity index (χ2v) is 7.88. The van der Waals surface area contributed by atoms with Crippen molar-refractivity contribution < 1.29 is 19.1 Å². The molecular weight excluding hydrogens is 380 g/mol. The number of para-hydroxylation sites is 1. The van der Waals surface area contributed by atoms with Gasteiger partial charge in [-0.2, -0.15) is 0 Å². The van der Waals surface area contributed by atoms with Gasteiger partial charge >= 0.3 is 5.97 Å². The van der Waals surface area contributed by atoms with Crippen LogP contribution in [0, 0.1) is 11.8 Å². The number of esters is 1. The molecule has 6 heteroatoms. The SMILES string of the molecule is C[C@@H]1[C@H](C)CCC[C@@H]1NC(=O)COC(=O)c1ccccc1NC(=O)c1ccccc1. The van der Waals surface area contributed by atoms with Gasteiger partial charge in [0.05, 0.1) is 11.3 Å². The number of carbonyl (C=O) groups is 3. The summed E-state index contributed by atoms with van der Waals surface area (Å²) < 4.78 is 5.22. The van der Waals surface area contributed by atoms with Gasteiger partial charge in [-0.25, -0.2) is 4.79 Å². The predicted molar refractivity (Wildman–Crippen MR) is 115 cm³/mol. The molecule has 0 saturated heterocycles. The van der Waals surface area contributed by atoms with Crippen LogP contribution in [0.3, 0.4) is 0 Å². The van der Waals surface area contributed by atoms with E-state index in [1.807, 2.05) is 6.07 Å². The highest BCUT2D eigenvalue weighted by molar-refractivity contribution is 6.08. The first-order valence-electron chi connectivity index (χ1n) is 10.4. The number of hydrogen-bond donors (Lipinski definition) is 2. The first-order chi connectivity index (χ1) is 14.5. The number of hydrogen-bond acceptors (Lipinski definition) is 4. The number of nitrogens with one attached hydrogen (secondary N) is 2. The van der Waals surface area contributed by atoms with Crippen molar-refractivity contribution in [1.29, 1.82) is 0 Å². The van der Waals surface area contributed by atoms with Gasteiger partial charge in [-0.3, -0.25) is 9.59 Å². The Hall–Kier alpha value is -3.15. The Morgan fingerprint density at radius 2 is 1.67 bits per heavy atom. The molecule has 0 unspecified atom stereocenters. The minimum absolute atomic E-state index is 0.109. The van der Waals surface area contributed by atoms with Crippen molar-refractivity contribution in [2.24, 2.45) is 11.8 Å². The molecule has 0 radical (unpaired) electrons. The van der Waals surface area contributed by atoms with Gasteiger partial charge in [0, 0.05) is 11.6 Å². The molecule has 158 valence electrons. The van der Waals surface area contributed by atoms with E-state index in [9.17, 15) is 14.4 Å². The Balaban J connectivity index is 1.58. The fraction of sp³-hybridized carbons (Fsp3) is 0.375. The molecule has 2 amide bonds. The first kappa shape index (κ1) is 21.6. The normalized spacial score (nSPS) is 20.8. The van der Waals surface area contributed by atoms with Gasteiger partial charge in [0.25, 0.3) is 11.8 Å². The lowest BCUT2D eigenvalue weighted by molar-refractivity contribution is -0.125. The number of ether oxygens (including phenoxy) is 1. The van der Waals surface area contributed by atoms with E-state index in [2.05, 4.69) is 24.5 Å². The molecule has 3 atom stereocenters. The monoisotopic (exact) mass is 408 g/mol. The molecule has 3 rings (SSSR count). The summed E-state index contributed by atoms with van der Waals surface area (Å²) in [5.74, 6) is -0.327. The van der Waals surface area contributed by atoms with E-state index in [0.29, 0.717) is 23.1 Å². The molecule has 0 heterocycles. The Kier molecular flexibility index (Phi) is 7.22. The van der Waals surface area contributed by atoms with Gasteiger partial charge in [0.2, 0.25) is 0 Å². The average Bonchev–Trinajstić information content (AvgIpc) is 2.76. The third kappa shape index (κ3) is 5.47. The van der Waals surface area contributed by atoms with Crippen molar-refractivity contribution in [2.45, 2.75) is 39.2 Å². The van der Waals surface area contributed by atoms with Crippen LogP contribution in [0.2, 0.25) is 0 Å². The third-order valence-corrected chi connectivity index (χ3v) is 5.82. The van der Waals surface area contributed by atoms with Crippen molar-refractivity contribution in [3.05, 3.63) is 65.7 Å². The van der Waals surface area contributed by atoms with Gasteiger partial charge < -0.3 is 15.4 Å². The van der Waals surface area contributed by atoms with Crippen molar-refractivity contribution in [2.75, 3.05) is 11.9 Å². The average molecular weight is 408 g/mol. The minimum atomic E-state index is -0.654. The number of carbonyl (C=O) groups excluding carboxylic acids is 3. The molecule has 0 aliphatic heterocycles. The summed E-state index contributed by atoms with van der Waals surface area (Å²) >= 11 is 0. The summed E-state index contributed by atoms with van der Waals surface area (Å²) in [5.41, 5.74) is 1.02. The standard InChI is InChI=1S/C24H28N2O4/c1-16-9-8-14-20(17(16)2)25-22(27)15-30-24(29)19-12-6-7-13-21(19)26-23(28)18-10-4-3-5-11-18/h3-7,10-13,16-17,20H,8-9,14-15H2,1-2H3,(H,25,27)(H,26,28)/t16-,17-,20+/m1/s1. The number of anilines is 1. The van der Waals surface area contributed by atoms with Crippen molar-refractivity contribution >= 4 is 23.5 Å². The van der Waals surface area contributed by atoms with E-state index in [-0.39, 0.29) is 30.0 Å². The Morgan fingerprint density at radius 3 is 2.43 bits per heavy atom. The molecule has 1 saturated carbocycles. The van der Waals surface area contributed by atoms with E-state index in [1.165, 1.54) is 6.42 Å². The molecule has 2 aromatic carbocycles. The molecule has 2 aromatic rings. The van der Waals surface area contributed by atoms with E-state index in [1.54, 1.807) is 48.5 Å². The van der Waals surface area contributed by atoms with Crippen molar-refractivity contribution in [3.8, 4) is 0 Å². The molecule has 0 spiro atoms. The van der Waals surface area contributed by atoms with E-state index in [0.717, 1.165) is 12.8 Å². The number of amides is 2. The Morgan fingerprint density at radius 1 is 0.967 bits per heavy atom. The molecular formula is C24H28N2O4. The summed E-state index contributed by atoms with van der Waals surface area (Å²) in [6.07, 6.45) is 3.21. The zero-order chi connectivity index (χ0) is 21.5. The van der Waals surface area contributed by atoms with Crippen molar-refractivity contribution in [3.63, 3.8) is 0 Å². The summed E-state index contributed by atoms with van der Waals surface area (Å²) in [7, 11) is 0. The summed E-state index contributed by atoms with van der Waals surface area (Å²) in [5, 5.41) is 5.72. The molecule has 0 bridgehead atoms. The molecule has 30 heavy (non-hydrogen) atoms. The third-order valence-electron chi connectivity index (χ3n) is 5.82. The Bertz CT molecular complexity index is 897. The quantitative estimate of drug-likeness (QED) is 0.707. The molecule has 1 aliphatic rings. The largest absolute Gasteiger partial charge is 0.452 e. The van der Waals surface area contributed by atoms with E-state index in [4.69, 9.17) is 4.74 Å². The highest BCUT2D eigenvalue weighted by Gasteiger charge is 2.28. The second-order valence-electron chi connectivity index (χ2n) is 7.88. The van der Waals surface area contributed by atoms with Crippen LogP contribution < -0.4 is 10.6 Å². The second kappa shape index (κ2) is 10.1. The molecule has 1 fully saturated rings. The highest BCUT2D eigenvalue weighted by atomic mass is 16.5. The fourth-order valence-corrected chi connectivity index (χ4v) is 3.80. The maximum absolute atomic E-state index is 12.5. The predicted octanol–water partition coefficient (Wildman–Crippen LogP) is 4.04. The van der Waals surface area contributed by atoms with Crippen LogP contribution in [0.1, 0.15) is 53.8 Å². The van der Waals surface area contributed by atoms with Gasteiger partial charge in [0.1, 0.15) is 0 Å². The van der Waals surface area contributed by atoms with Crippen LogP contribution in [-0.4, -0.2) is 30.4 Å². The molecule has 2 N–H and O–H groups in total. The smallest absolute Gasteiger partial charge is 0.340 e. The summed E-state index contributed by atoms with van der Waals surface area (Å²) in [4.78, 5) is 37.2. The highest BCUT2D eigenvalue weighted by Crippen LogP contribution is 2.29. The van der Waals surface area contributed by atoms with Crippen LogP contribution >= 0.6 is 0 Å². The fourth-order valence-electron chi connectivity index (χ4n) is 3.80. The maximum Gasteiger partial charge on any atom is 0.340 e. The lowest BCUT2D eigenvalue weighted by Gasteiger charge is -2.34. The van der Waals surface area contributed by atoms with E-state index < -0.39 is 5.97 Å². The lowest BCUT2D eigenvalue weighted by Crippen LogP contribution is -2.45. The van der Waals surface area contributed by atoms with Crippen LogP contribution in [-0.2, 0) is 9.53 Å². The van der Waals surface area contributed by atoms with Gasteiger partial charge in [-0.05, 0) is 42.5 Å². The lowest BCUT2D eigenvalue weighted by atomic mass is 9.78. The van der Waals surface area contributed by atoms with Crippen LogP contribution in [0.5, 0.6) is 0 Å². The molecule has 1 aliphatic carbocycles. The van der Waals surface area contributed by atoms with Crippen LogP contribution in [0.25, 0.3) is 0 Å². The summed E-state index contributed by atoms with van der Waals surface area (Å²) in [6, 6.07) is 15.4. The zero-order valence-corrected chi connectivity index (χ0v) is 17.4. The van der Waals surface area contributed by atoms with Gasteiger partial charge in [-0.15, -0.1) is 0 Å². The van der Waals surface area contributed by atoms with Crippen LogP contribution in [0.4, 0.5) is 5.69 Å². The maximum atomic E-state index is 12.5. The zero-order valence-electron chi connectivity index (χ0n) is 17.4. The topological polar surface area (TPSA) is 84.5 Å². The summed E-state index contributed by atoms with van der Waals surface area (Å²) in [6.45, 7) is 3.99. The minimum Gasteiger partial charge on any atom is -0.452 e.